The molecule has 1 aromatic heterocycles. The fraction of sp³-hybridized carbons (Fsp3) is 0.167. The first-order chi connectivity index (χ1) is 8.97. The highest BCUT2D eigenvalue weighted by atomic mass is 35.5. The van der Waals surface area contributed by atoms with Gasteiger partial charge < -0.3 is 4.74 Å². The molecular weight excluding hydrogens is 270 g/mol. The lowest BCUT2D eigenvalue weighted by Gasteiger charge is -2.07. The molecule has 6 nitrogen and oxygen atoms in total. The molecule has 19 heavy (non-hydrogen) atoms. The van der Waals surface area contributed by atoms with E-state index in [1.54, 1.807) is 32.0 Å². The third kappa shape index (κ3) is 2.97. The number of hydrogen-bond acceptors (Lipinski definition) is 5. The summed E-state index contributed by atoms with van der Waals surface area (Å²) in [6, 6.07) is 6.38. The van der Waals surface area contributed by atoms with Crippen LogP contribution in [0.2, 0.25) is 5.28 Å². The highest BCUT2D eigenvalue weighted by molar-refractivity contribution is 6.28. The number of aromatic nitrogens is 2. The van der Waals surface area contributed by atoms with E-state index in [0.29, 0.717) is 11.3 Å². The van der Waals surface area contributed by atoms with Crippen LogP contribution in [0.1, 0.15) is 11.3 Å². The molecule has 0 fully saturated rings. The van der Waals surface area contributed by atoms with Gasteiger partial charge in [0.15, 0.2) is 0 Å². The SMILES string of the molecule is Cc1cc(Oc2cccc(C)c2[N+](=O)[O-])nc(Cl)n1. The Bertz CT molecular complexity index is 626. The molecule has 0 saturated carbocycles. The standard InChI is InChI=1S/C12H10ClN3O3/c1-7-4-3-5-9(11(7)16(17)18)19-10-6-8(2)14-12(13)15-10/h3-6H,1-2H3. The fourth-order valence-electron chi connectivity index (χ4n) is 1.62. The zero-order valence-electron chi connectivity index (χ0n) is 10.3. The van der Waals surface area contributed by atoms with Gasteiger partial charge in [-0.3, -0.25) is 10.1 Å². The Hall–Kier alpha value is -2.21. The molecule has 0 spiro atoms. The molecule has 7 heteroatoms. The number of ether oxygens (including phenoxy) is 1. The lowest BCUT2D eigenvalue weighted by Crippen LogP contribution is -1.98. The average molecular weight is 280 g/mol. The van der Waals surface area contributed by atoms with Crippen LogP contribution in [0, 0.1) is 24.0 Å². The predicted molar refractivity (Wildman–Crippen MR) is 69.7 cm³/mol. The maximum atomic E-state index is 11.0. The van der Waals surface area contributed by atoms with Crippen molar-refractivity contribution in [2.75, 3.05) is 0 Å². The molecule has 0 aliphatic heterocycles. The molecular formula is C12H10ClN3O3. The van der Waals surface area contributed by atoms with Crippen LogP contribution in [0.15, 0.2) is 24.3 Å². The number of hydrogen-bond donors (Lipinski definition) is 0. The first-order valence-electron chi connectivity index (χ1n) is 5.40. The Morgan fingerprint density at radius 3 is 2.68 bits per heavy atom. The van der Waals surface area contributed by atoms with Crippen molar-refractivity contribution < 1.29 is 9.66 Å². The van der Waals surface area contributed by atoms with Gasteiger partial charge in [-0.1, -0.05) is 12.1 Å². The first kappa shape index (κ1) is 13.2. The van der Waals surface area contributed by atoms with Crippen molar-refractivity contribution >= 4 is 17.3 Å². The van der Waals surface area contributed by atoms with Crippen molar-refractivity contribution in [1.29, 1.82) is 0 Å². The molecule has 0 radical (unpaired) electrons. The number of benzene rings is 1. The van der Waals surface area contributed by atoms with Gasteiger partial charge in [0.25, 0.3) is 0 Å². The second-order valence-electron chi connectivity index (χ2n) is 3.90. The topological polar surface area (TPSA) is 78.2 Å². The van der Waals surface area contributed by atoms with Gasteiger partial charge in [-0.05, 0) is 31.5 Å². The smallest absolute Gasteiger partial charge is 0.314 e. The zero-order valence-corrected chi connectivity index (χ0v) is 11.0. The van der Waals surface area contributed by atoms with Crippen LogP contribution in [-0.2, 0) is 0 Å². The van der Waals surface area contributed by atoms with Crippen molar-refractivity contribution in [2.24, 2.45) is 0 Å². The van der Waals surface area contributed by atoms with E-state index in [0.717, 1.165) is 0 Å². The highest BCUT2D eigenvalue weighted by Gasteiger charge is 2.19. The lowest BCUT2D eigenvalue weighted by molar-refractivity contribution is -0.386. The van der Waals surface area contributed by atoms with Gasteiger partial charge in [-0.2, -0.15) is 4.98 Å². The van der Waals surface area contributed by atoms with E-state index in [1.165, 1.54) is 6.07 Å². The van der Waals surface area contributed by atoms with E-state index < -0.39 is 4.92 Å². The van der Waals surface area contributed by atoms with Crippen LogP contribution >= 0.6 is 11.6 Å². The van der Waals surface area contributed by atoms with Gasteiger partial charge >= 0.3 is 5.69 Å². The Morgan fingerprint density at radius 1 is 1.32 bits per heavy atom. The van der Waals surface area contributed by atoms with Crippen molar-refractivity contribution in [2.45, 2.75) is 13.8 Å². The van der Waals surface area contributed by atoms with Crippen LogP contribution in [-0.4, -0.2) is 14.9 Å². The fourth-order valence-corrected chi connectivity index (χ4v) is 1.83. The van der Waals surface area contributed by atoms with Gasteiger partial charge in [0, 0.05) is 17.3 Å². The molecule has 0 amide bonds. The van der Waals surface area contributed by atoms with Crippen LogP contribution < -0.4 is 4.74 Å². The van der Waals surface area contributed by atoms with E-state index in [-0.39, 0.29) is 22.6 Å². The van der Waals surface area contributed by atoms with Crippen molar-refractivity contribution in [1.82, 2.24) is 9.97 Å². The Kier molecular flexibility index (Phi) is 3.62. The van der Waals surface area contributed by atoms with Gasteiger partial charge in [-0.25, -0.2) is 4.98 Å². The molecule has 0 bridgehead atoms. The van der Waals surface area contributed by atoms with Crippen LogP contribution in [0.3, 0.4) is 0 Å². The minimum absolute atomic E-state index is 0.0327. The van der Waals surface area contributed by atoms with E-state index in [9.17, 15) is 10.1 Å². The molecule has 1 aromatic carbocycles. The quantitative estimate of drug-likeness (QED) is 0.488. The summed E-state index contributed by atoms with van der Waals surface area (Å²) in [6.45, 7) is 3.37. The number of rotatable bonds is 3. The summed E-state index contributed by atoms with van der Waals surface area (Å²) >= 11 is 5.71. The molecule has 98 valence electrons. The predicted octanol–water partition coefficient (Wildman–Crippen LogP) is 3.45. The molecule has 0 unspecified atom stereocenters. The molecule has 0 aliphatic carbocycles. The highest BCUT2D eigenvalue weighted by Crippen LogP contribution is 2.33. The van der Waals surface area contributed by atoms with E-state index in [2.05, 4.69) is 9.97 Å². The molecule has 1 heterocycles. The second-order valence-corrected chi connectivity index (χ2v) is 4.24. The summed E-state index contributed by atoms with van der Waals surface area (Å²) in [5.74, 6) is 0.297. The number of nitrogens with zero attached hydrogens (tertiary/aromatic N) is 3. The van der Waals surface area contributed by atoms with Crippen molar-refractivity contribution in [3.63, 3.8) is 0 Å². The third-order valence-corrected chi connectivity index (χ3v) is 2.57. The summed E-state index contributed by atoms with van der Waals surface area (Å²) in [5.41, 5.74) is 1.04. The summed E-state index contributed by atoms with van der Waals surface area (Å²) in [7, 11) is 0. The molecule has 0 N–H and O–H groups in total. The monoisotopic (exact) mass is 279 g/mol. The lowest BCUT2D eigenvalue weighted by atomic mass is 10.2. The van der Waals surface area contributed by atoms with Gasteiger partial charge in [-0.15, -0.1) is 0 Å². The average Bonchev–Trinajstić information content (AvgIpc) is 2.26. The molecule has 0 atom stereocenters. The minimum Gasteiger partial charge on any atom is -0.432 e. The maximum Gasteiger partial charge on any atom is 0.314 e. The summed E-state index contributed by atoms with van der Waals surface area (Å²) in [5, 5.41) is 11.1. The summed E-state index contributed by atoms with van der Waals surface area (Å²) in [4.78, 5) is 18.3. The number of halogens is 1. The first-order valence-corrected chi connectivity index (χ1v) is 5.78. The number of nitro benzene ring substituents is 1. The van der Waals surface area contributed by atoms with Crippen molar-refractivity contribution in [3.05, 3.63) is 50.9 Å². The van der Waals surface area contributed by atoms with E-state index in [4.69, 9.17) is 16.3 Å². The third-order valence-electron chi connectivity index (χ3n) is 2.40. The van der Waals surface area contributed by atoms with Gasteiger partial charge in [0.1, 0.15) is 0 Å². The number of para-hydroxylation sites is 1. The Balaban J connectivity index is 2.43. The largest absolute Gasteiger partial charge is 0.432 e. The summed E-state index contributed by atoms with van der Waals surface area (Å²) in [6.07, 6.45) is 0. The van der Waals surface area contributed by atoms with Gasteiger partial charge in [0.2, 0.25) is 16.9 Å². The Labute approximate surface area is 114 Å². The van der Waals surface area contributed by atoms with Crippen molar-refractivity contribution in [3.8, 4) is 11.6 Å². The molecule has 2 aromatic rings. The maximum absolute atomic E-state index is 11.0. The van der Waals surface area contributed by atoms with Crippen LogP contribution in [0.5, 0.6) is 11.6 Å². The van der Waals surface area contributed by atoms with E-state index >= 15 is 0 Å². The van der Waals surface area contributed by atoms with Gasteiger partial charge in [0.05, 0.1) is 4.92 Å². The van der Waals surface area contributed by atoms with E-state index in [1.807, 2.05) is 0 Å². The zero-order chi connectivity index (χ0) is 14.0. The molecule has 2 rings (SSSR count). The van der Waals surface area contributed by atoms with Crippen LogP contribution in [0.25, 0.3) is 0 Å². The number of nitro groups is 1. The molecule has 0 aliphatic rings. The normalized spacial score (nSPS) is 10.3. The van der Waals surface area contributed by atoms with Crippen LogP contribution in [0.4, 0.5) is 5.69 Å². The summed E-state index contributed by atoms with van der Waals surface area (Å²) < 4.78 is 5.44. The Morgan fingerprint density at radius 2 is 2.05 bits per heavy atom. The molecule has 0 saturated heterocycles. The second kappa shape index (κ2) is 5.19. The number of aryl methyl sites for hydroxylation is 2. The minimum atomic E-state index is -0.486.